The Labute approximate surface area is 143 Å². The van der Waals surface area contributed by atoms with Gasteiger partial charge in [0, 0.05) is 5.56 Å². The molecule has 0 bridgehead atoms. The molecule has 0 atom stereocenters. The van der Waals surface area contributed by atoms with Crippen LogP contribution in [0.5, 0.6) is 0 Å². The van der Waals surface area contributed by atoms with Gasteiger partial charge in [-0.1, -0.05) is 36.4 Å². The highest BCUT2D eigenvalue weighted by Crippen LogP contribution is 2.26. The fourth-order valence-electron chi connectivity index (χ4n) is 2.91. The van der Waals surface area contributed by atoms with Crippen LogP contribution < -0.4 is 0 Å². The van der Waals surface area contributed by atoms with E-state index < -0.39 is 0 Å². The number of furan rings is 1. The minimum atomic E-state index is -0.272. The summed E-state index contributed by atoms with van der Waals surface area (Å²) < 4.78 is 5.38. The molecule has 122 valence electrons. The van der Waals surface area contributed by atoms with Gasteiger partial charge < -0.3 is 4.42 Å². The summed E-state index contributed by atoms with van der Waals surface area (Å²) in [5, 5.41) is 0. The monoisotopic (exact) mass is 331 g/mol. The Kier molecular flexibility index (Phi) is 3.54. The predicted octanol–water partition coefficient (Wildman–Crippen LogP) is 3.56. The normalized spacial score (nSPS) is 13.2. The summed E-state index contributed by atoms with van der Waals surface area (Å²) >= 11 is 0. The lowest BCUT2D eigenvalue weighted by atomic mass is 10.1. The van der Waals surface area contributed by atoms with Gasteiger partial charge in [0.1, 0.15) is 5.76 Å². The van der Waals surface area contributed by atoms with Gasteiger partial charge in [0.2, 0.25) is 0 Å². The van der Waals surface area contributed by atoms with E-state index in [1.165, 1.54) is 4.90 Å². The molecule has 0 N–H and O–H groups in total. The lowest BCUT2D eigenvalue weighted by molar-refractivity contribution is 0.0642. The maximum Gasteiger partial charge on any atom is 0.261 e. The number of rotatable bonds is 4. The van der Waals surface area contributed by atoms with Gasteiger partial charge in [-0.2, -0.15) is 0 Å². The molecule has 0 unspecified atom stereocenters. The van der Waals surface area contributed by atoms with Crippen molar-refractivity contribution in [3.8, 4) is 11.3 Å². The standard InChI is InChI=1S/C20H13NO4/c22-12-15-9-10-18(25-15)14-7-5-13(6-8-14)11-21-19(23)16-3-1-2-4-17(16)20(21)24/h1-10,12H,11H2. The first kappa shape index (κ1) is 15.1. The van der Waals surface area contributed by atoms with Gasteiger partial charge in [0.15, 0.2) is 12.0 Å². The minimum absolute atomic E-state index is 0.213. The van der Waals surface area contributed by atoms with Crippen molar-refractivity contribution in [1.29, 1.82) is 0 Å². The quantitative estimate of drug-likeness (QED) is 0.541. The van der Waals surface area contributed by atoms with Crippen LogP contribution in [-0.2, 0) is 6.54 Å². The maximum atomic E-state index is 12.4. The molecule has 0 aliphatic carbocycles. The number of nitrogens with zero attached hydrogens (tertiary/aromatic N) is 1. The van der Waals surface area contributed by atoms with E-state index in [0.29, 0.717) is 23.2 Å². The Morgan fingerprint density at radius 3 is 2.04 bits per heavy atom. The molecule has 0 fully saturated rings. The molecule has 5 nitrogen and oxygen atoms in total. The molecule has 2 heterocycles. The summed E-state index contributed by atoms with van der Waals surface area (Å²) in [5.74, 6) is 0.317. The number of aldehydes is 1. The zero-order valence-corrected chi connectivity index (χ0v) is 13.1. The SMILES string of the molecule is O=Cc1ccc(-c2ccc(CN3C(=O)c4ccccc4C3=O)cc2)o1. The Hall–Kier alpha value is -3.47. The van der Waals surface area contributed by atoms with E-state index in [9.17, 15) is 14.4 Å². The van der Waals surface area contributed by atoms with Crippen LogP contribution in [0.2, 0.25) is 0 Å². The van der Waals surface area contributed by atoms with E-state index in [2.05, 4.69) is 0 Å². The van der Waals surface area contributed by atoms with Crippen molar-refractivity contribution in [3.63, 3.8) is 0 Å². The number of benzene rings is 2. The molecular formula is C20H13NO4. The zero-order valence-electron chi connectivity index (χ0n) is 13.1. The van der Waals surface area contributed by atoms with Gasteiger partial charge in [-0.25, -0.2) is 0 Å². The smallest absolute Gasteiger partial charge is 0.261 e. The van der Waals surface area contributed by atoms with Crippen molar-refractivity contribution < 1.29 is 18.8 Å². The van der Waals surface area contributed by atoms with E-state index in [0.717, 1.165) is 11.1 Å². The molecule has 4 rings (SSSR count). The lowest BCUT2D eigenvalue weighted by Crippen LogP contribution is -2.29. The first-order valence-corrected chi connectivity index (χ1v) is 7.77. The second-order valence-corrected chi connectivity index (χ2v) is 5.76. The molecule has 5 heteroatoms. The molecule has 0 saturated carbocycles. The second kappa shape index (κ2) is 5.87. The molecule has 1 aromatic heterocycles. The van der Waals surface area contributed by atoms with E-state index in [1.807, 2.05) is 24.3 Å². The van der Waals surface area contributed by atoms with Crippen LogP contribution in [0.1, 0.15) is 36.8 Å². The largest absolute Gasteiger partial charge is 0.453 e. The van der Waals surface area contributed by atoms with Gasteiger partial charge in [0.05, 0.1) is 17.7 Å². The lowest BCUT2D eigenvalue weighted by Gasteiger charge is -2.14. The van der Waals surface area contributed by atoms with Crippen LogP contribution >= 0.6 is 0 Å². The molecule has 0 saturated heterocycles. The summed E-state index contributed by atoms with van der Waals surface area (Å²) in [5.41, 5.74) is 2.54. The Balaban J connectivity index is 1.55. The first-order chi connectivity index (χ1) is 12.2. The summed E-state index contributed by atoms with van der Waals surface area (Å²) in [4.78, 5) is 36.7. The average molecular weight is 331 g/mol. The van der Waals surface area contributed by atoms with Crippen molar-refractivity contribution in [1.82, 2.24) is 4.90 Å². The van der Waals surface area contributed by atoms with E-state index >= 15 is 0 Å². The Morgan fingerprint density at radius 2 is 1.48 bits per heavy atom. The average Bonchev–Trinajstić information content (AvgIpc) is 3.22. The minimum Gasteiger partial charge on any atom is -0.453 e. The molecule has 3 aromatic rings. The van der Waals surface area contributed by atoms with Crippen molar-refractivity contribution >= 4 is 18.1 Å². The molecule has 1 aliphatic heterocycles. The Bertz CT molecular complexity index is 950. The number of hydrogen-bond acceptors (Lipinski definition) is 4. The van der Waals surface area contributed by atoms with E-state index in [4.69, 9.17) is 4.42 Å². The summed E-state index contributed by atoms with van der Waals surface area (Å²) in [6, 6.07) is 17.5. The summed E-state index contributed by atoms with van der Waals surface area (Å²) in [7, 11) is 0. The molecule has 0 radical (unpaired) electrons. The number of hydrogen-bond donors (Lipinski definition) is 0. The van der Waals surface area contributed by atoms with Crippen LogP contribution in [0, 0.1) is 0 Å². The number of imide groups is 1. The highest BCUT2D eigenvalue weighted by Gasteiger charge is 2.34. The molecule has 0 spiro atoms. The van der Waals surface area contributed by atoms with Crippen LogP contribution in [0.3, 0.4) is 0 Å². The van der Waals surface area contributed by atoms with Crippen LogP contribution in [0.15, 0.2) is 65.1 Å². The number of amides is 2. The molecule has 25 heavy (non-hydrogen) atoms. The van der Waals surface area contributed by atoms with Crippen LogP contribution in [0.4, 0.5) is 0 Å². The van der Waals surface area contributed by atoms with Gasteiger partial charge in [-0.15, -0.1) is 0 Å². The number of fused-ring (bicyclic) bond motifs is 1. The topological polar surface area (TPSA) is 67.6 Å². The molecular weight excluding hydrogens is 318 g/mol. The van der Waals surface area contributed by atoms with Crippen molar-refractivity contribution in [2.75, 3.05) is 0 Å². The maximum absolute atomic E-state index is 12.4. The third kappa shape index (κ3) is 2.55. The summed E-state index contributed by atoms with van der Waals surface area (Å²) in [6.45, 7) is 0.213. The zero-order chi connectivity index (χ0) is 17.4. The molecule has 1 aliphatic rings. The molecule has 2 amide bonds. The van der Waals surface area contributed by atoms with Gasteiger partial charge in [-0.05, 0) is 29.8 Å². The van der Waals surface area contributed by atoms with Crippen molar-refractivity contribution in [2.24, 2.45) is 0 Å². The van der Waals surface area contributed by atoms with Crippen LogP contribution in [-0.4, -0.2) is 23.0 Å². The number of carbonyl (C=O) groups is 3. The highest BCUT2D eigenvalue weighted by atomic mass is 16.3. The van der Waals surface area contributed by atoms with E-state index in [-0.39, 0.29) is 24.1 Å². The van der Waals surface area contributed by atoms with Crippen molar-refractivity contribution in [3.05, 3.63) is 83.1 Å². The van der Waals surface area contributed by atoms with Gasteiger partial charge >= 0.3 is 0 Å². The van der Waals surface area contributed by atoms with Gasteiger partial charge in [0.25, 0.3) is 11.8 Å². The second-order valence-electron chi connectivity index (χ2n) is 5.76. The van der Waals surface area contributed by atoms with E-state index in [1.54, 1.807) is 36.4 Å². The third-order valence-corrected chi connectivity index (χ3v) is 4.20. The first-order valence-electron chi connectivity index (χ1n) is 7.77. The van der Waals surface area contributed by atoms with Crippen LogP contribution in [0.25, 0.3) is 11.3 Å². The molecule has 2 aromatic carbocycles. The predicted molar refractivity (Wildman–Crippen MR) is 90.2 cm³/mol. The summed E-state index contributed by atoms with van der Waals surface area (Å²) in [6.07, 6.45) is 0.653. The fourth-order valence-corrected chi connectivity index (χ4v) is 2.91. The van der Waals surface area contributed by atoms with Gasteiger partial charge in [-0.3, -0.25) is 19.3 Å². The fraction of sp³-hybridized carbons (Fsp3) is 0.0500. The Morgan fingerprint density at radius 1 is 0.840 bits per heavy atom. The van der Waals surface area contributed by atoms with Crippen molar-refractivity contribution in [2.45, 2.75) is 6.54 Å². The highest BCUT2D eigenvalue weighted by molar-refractivity contribution is 6.21. The third-order valence-electron chi connectivity index (χ3n) is 4.20. The number of carbonyl (C=O) groups excluding carboxylic acids is 3.